The SMILES string of the molecule is CN(C)[C@@H]1C(O)=C(C(N)=O)C(=O)[C@@]2(O)C(O)=C3C(=O)c4c(O)ccc(C(=O)CNCCF)c4C[C@H]3C[C@@H]12. The van der Waals surface area contributed by atoms with Crippen molar-refractivity contribution in [3.8, 4) is 5.75 Å². The van der Waals surface area contributed by atoms with Gasteiger partial charge in [0.25, 0.3) is 5.91 Å². The maximum Gasteiger partial charge on any atom is 0.255 e. The molecule has 12 heteroatoms. The number of alkyl halides is 1. The van der Waals surface area contributed by atoms with Gasteiger partial charge < -0.3 is 31.5 Å². The number of aromatic hydroxyl groups is 1. The van der Waals surface area contributed by atoms with Crippen molar-refractivity contribution >= 4 is 23.3 Å². The Hall–Kier alpha value is -3.61. The van der Waals surface area contributed by atoms with E-state index in [1.54, 1.807) is 0 Å². The van der Waals surface area contributed by atoms with Crippen LogP contribution in [0.1, 0.15) is 32.7 Å². The number of aliphatic hydroxyl groups is 3. The minimum Gasteiger partial charge on any atom is -0.510 e. The molecular formula is C25H28FN3O8. The number of aliphatic hydroxyl groups excluding tert-OH is 2. The van der Waals surface area contributed by atoms with Crippen molar-refractivity contribution in [3.05, 3.63) is 51.5 Å². The minimum atomic E-state index is -2.73. The maximum absolute atomic E-state index is 13.6. The molecule has 3 aliphatic rings. The van der Waals surface area contributed by atoms with Crippen LogP contribution in [0.15, 0.2) is 34.8 Å². The van der Waals surface area contributed by atoms with Gasteiger partial charge in [-0.15, -0.1) is 0 Å². The van der Waals surface area contributed by atoms with Gasteiger partial charge in [-0.1, -0.05) is 0 Å². The monoisotopic (exact) mass is 517 g/mol. The number of nitrogens with zero attached hydrogens (tertiary/aromatic N) is 1. The van der Waals surface area contributed by atoms with E-state index in [9.17, 15) is 44.0 Å². The number of phenolic OH excluding ortho intramolecular Hbond substituents is 1. The van der Waals surface area contributed by atoms with Crippen molar-refractivity contribution < 1.29 is 44.0 Å². The molecule has 0 aliphatic heterocycles. The highest BCUT2D eigenvalue weighted by Crippen LogP contribution is 2.52. The van der Waals surface area contributed by atoms with Gasteiger partial charge in [0.2, 0.25) is 5.78 Å². The fourth-order valence-electron chi connectivity index (χ4n) is 5.88. The first-order chi connectivity index (χ1) is 17.4. The Kier molecular flexibility index (Phi) is 6.69. The Morgan fingerprint density at radius 1 is 1.22 bits per heavy atom. The van der Waals surface area contributed by atoms with Gasteiger partial charge in [0, 0.05) is 23.6 Å². The van der Waals surface area contributed by atoms with Gasteiger partial charge in [0.05, 0.1) is 18.2 Å². The Morgan fingerprint density at radius 2 is 1.89 bits per heavy atom. The molecule has 1 aromatic carbocycles. The second-order valence-corrected chi connectivity index (χ2v) is 9.74. The first-order valence-electron chi connectivity index (χ1n) is 11.7. The number of nitrogens with two attached hydrogens (primary N) is 1. The van der Waals surface area contributed by atoms with Crippen LogP contribution in [-0.4, -0.2) is 94.1 Å². The smallest absolute Gasteiger partial charge is 0.255 e. The summed E-state index contributed by atoms with van der Waals surface area (Å²) in [5, 5.41) is 46.7. The number of phenols is 1. The summed E-state index contributed by atoms with van der Waals surface area (Å²) in [4.78, 5) is 53.1. The van der Waals surface area contributed by atoms with Gasteiger partial charge in [0.1, 0.15) is 29.5 Å². The van der Waals surface area contributed by atoms with Crippen LogP contribution in [0.2, 0.25) is 0 Å². The number of allylic oxidation sites excluding steroid dienone is 1. The number of hydrogen-bond acceptors (Lipinski definition) is 10. The Morgan fingerprint density at radius 3 is 2.49 bits per heavy atom. The predicted molar refractivity (Wildman–Crippen MR) is 127 cm³/mol. The van der Waals surface area contributed by atoms with E-state index in [1.807, 2.05) is 0 Å². The standard InChI is InChI=1S/C25H28FN3O8/c1-29(2)19-13-8-10-7-12-11(15(31)9-28-6-5-26)3-4-14(30)17(12)20(32)16(10)22(34)25(13,37)23(35)18(21(19)33)24(27)36/h3-4,10,13,19,28,30,33-34,37H,5-9H2,1-2H3,(H2,27,36)/t10-,13-,19-,25-/m0/s1. The van der Waals surface area contributed by atoms with Crippen LogP contribution in [-0.2, 0) is 16.0 Å². The van der Waals surface area contributed by atoms with Crippen LogP contribution in [0.5, 0.6) is 5.75 Å². The summed E-state index contributed by atoms with van der Waals surface area (Å²) in [6.45, 7) is -0.926. The second kappa shape index (κ2) is 9.36. The molecule has 0 radical (unpaired) electrons. The number of halogens is 1. The molecule has 0 saturated heterocycles. The third-order valence-electron chi connectivity index (χ3n) is 7.46. The average molecular weight is 518 g/mol. The third-order valence-corrected chi connectivity index (χ3v) is 7.46. The van der Waals surface area contributed by atoms with E-state index in [-0.39, 0.29) is 48.2 Å². The number of benzene rings is 1. The zero-order valence-corrected chi connectivity index (χ0v) is 20.2. The van der Waals surface area contributed by atoms with Gasteiger partial charge >= 0.3 is 0 Å². The molecule has 0 bridgehead atoms. The lowest BCUT2D eigenvalue weighted by Gasteiger charge is -2.50. The number of Topliss-reactive ketones (excluding diaryl/α,β-unsaturated/α-hetero) is 3. The highest BCUT2D eigenvalue weighted by Gasteiger charge is 2.63. The molecule has 1 aromatic rings. The number of amides is 1. The molecule has 0 unspecified atom stereocenters. The molecule has 1 amide bonds. The van der Waals surface area contributed by atoms with E-state index in [1.165, 1.54) is 25.1 Å². The zero-order chi connectivity index (χ0) is 27.4. The van der Waals surface area contributed by atoms with Gasteiger partial charge in [0.15, 0.2) is 17.2 Å². The van der Waals surface area contributed by atoms with Crippen molar-refractivity contribution in [3.63, 3.8) is 0 Å². The van der Waals surface area contributed by atoms with E-state index in [4.69, 9.17) is 5.73 Å². The van der Waals surface area contributed by atoms with Crippen LogP contribution < -0.4 is 11.1 Å². The normalized spacial score (nSPS) is 27.2. The highest BCUT2D eigenvalue weighted by molar-refractivity contribution is 6.25. The fraction of sp³-hybridized carbons (Fsp3) is 0.440. The van der Waals surface area contributed by atoms with E-state index in [2.05, 4.69) is 5.32 Å². The summed E-state index contributed by atoms with van der Waals surface area (Å²) >= 11 is 0. The molecule has 4 atom stereocenters. The van der Waals surface area contributed by atoms with Gasteiger partial charge in [-0.05, 0) is 50.6 Å². The Labute approximate surface area is 211 Å². The molecule has 37 heavy (non-hydrogen) atoms. The van der Waals surface area contributed by atoms with Crippen molar-refractivity contribution in [2.75, 3.05) is 33.9 Å². The first-order valence-corrected chi connectivity index (χ1v) is 11.7. The summed E-state index contributed by atoms with van der Waals surface area (Å²) < 4.78 is 12.4. The molecule has 7 N–H and O–H groups in total. The zero-order valence-electron chi connectivity index (χ0n) is 20.2. The molecule has 11 nitrogen and oxygen atoms in total. The number of hydrogen-bond donors (Lipinski definition) is 6. The minimum absolute atomic E-state index is 0.00682. The lowest BCUT2D eigenvalue weighted by atomic mass is 9.58. The molecule has 0 aromatic heterocycles. The second-order valence-electron chi connectivity index (χ2n) is 9.74. The van der Waals surface area contributed by atoms with E-state index < -0.39 is 76.3 Å². The quantitative estimate of drug-likeness (QED) is 0.161. The number of carbonyl (C=O) groups is 4. The Balaban J connectivity index is 1.88. The van der Waals surface area contributed by atoms with Gasteiger partial charge in [-0.25, -0.2) is 4.39 Å². The maximum atomic E-state index is 13.6. The molecule has 0 spiro atoms. The molecule has 198 valence electrons. The van der Waals surface area contributed by atoms with E-state index >= 15 is 0 Å². The third kappa shape index (κ3) is 3.83. The molecule has 0 heterocycles. The number of nitrogens with one attached hydrogen (secondary N) is 1. The lowest BCUT2D eigenvalue weighted by molar-refractivity contribution is -0.148. The summed E-state index contributed by atoms with van der Waals surface area (Å²) in [6.07, 6.45) is -0.0950. The van der Waals surface area contributed by atoms with Crippen molar-refractivity contribution in [2.24, 2.45) is 17.6 Å². The van der Waals surface area contributed by atoms with Crippen LogP contribution in [0.25, 0.3) is 0 Å². The molecule has 0 saturated carbocycles. The fourth-order valence-corrected chi connectivity index (χ4v) is 5.88. The average Bonchev–Trinajstić information content (AvgIpc) is 2.81. The van der Waals surface area contributed by atoms with Crippen LogP contribution in [0, 0.1) is 11.8 Å². The molecule has 4 rings (SSSR count). The van der Waals surface area contributed by atoms with Crippen LogP contribution in [0.4, 0.5) is 4.39 Å². The topological polar surface area (TPSA) is 190 Å². The number of ketones is 3. The van der Waals surface area contributed by atoms with Crippen molar-refractivity contribution in [2.45, 2.75) is 24.5 Å². The van der Waals surface area contributed by atoms with E-state index in [0.29, 0.717) is 0 Å². The highest BCUT2D eigenvalue weighted by atomic mass is 19.1. The summed E-state index contributed by atoms with van der Waals surface area (Å²) in [6, 6.07) is 1.40. The largest absolute Gasteiger partial charge is 0.510 e. The lowest BCUT2D eigenvalue weighted by Crippen LogP contribution is -2.63. The van der Waals surface area contributed by atoms with E-state index in [0.717, 1.165) is 6.07 Å². The number of rotatable bonds is 7. The number of carbonyl (C=O) groups excluding carboxylic acids is 4. The van der Waals surface area contributed by atoms with Crippen LogP contribution in [0.3, 0.4) is 0 Å². The number of fused-ring (bicyclic) bond motifs is 3. The van der Waals surface area contributed by atoms with Crippen molar-refractivity contribution in [1.82, 2.24) is 10.2 Å². The first kappa shape index (κ1) is 26.5. The molecule has 3 aliphatic carbocycles. The molecule has 0 fully saturated rings. The van der Waals surface area contributed by atoms with Gasteiger partial charge in [-0.3, -0.25) is 24.1 Å². The summed E-state index contributed by atoms with van der Waals surface area (Å²) in [5.41, 5.74) is 1.49. The number of primary amides is 1. The predicted octanol–water partition coefficient (Wildman–Crippen LogP) is -0.138. The summed E-state index contributed by atoms with van der Waals surface area (Å²) in [7, 11) is 3.07. The summed E-state index contributed by atoms with van der Waals surface area (Å²) in [5.74, 6) is -8.01. The molecular weight excluding hydrogens is 489 g/mol. The van der Waals surface area contributed by atoms with Gasteiger partial charge in [-0.2, -0.15) is 0 Å². The van der Waals surface area contributed by atoms with Crippen LogP contribution >= 0.6 is 0 Å². The Bertz CT molecular complexity index is 1290. The number of likely N-dealkylation sites (N-methyl/N-ethyl adjacent to an activating group) is 1. The van der Waals surface area contributed by atoms with Crippen molar-refractivity contribution in [1.29, 1.82) is 0 Å².